The minimum absolute atomic E-state index is 0.0926. The number of hydrogen-bond donors (Lipinski definition) is 3. The van der Waals surface area contributed by atoms with Gasteiger partial charge in [0.05, 0.1) is 0 Å². The topological polar surface area (TPSA) is 99.3 Å². The fourth-order valence-electron chi connectivity index (χ4n) is 2.72. The highest BCUT2D eigenvalue weighted by molar-refractivity contribution is 5.94. The summed E-state index contributed by atoms with van der Waals surface area (Å²) in [5.41, 5.74) is 1.83. The monoisotopic (exact) mass is 306 g/mol. The molecular formula is C16H22N2O4. The molecule has 1 aliphatic rings. The van der Waals surface area contributed by atoms with Gasteiger partial charge in [-0.25, -0.2) is 0 Å². The molecule has 1 aliphatic carbocycles. The minimum atomic E-state index is -0.839. The van der Waals surface area contributed by atoms with Gasteiger partial charge in [0.15, 0.2) is 0 Å². The number of unbranched alkanes of at least 4 members (excludes halogenated alkanes) is 1. The molecule has 0 aromatic carbocycles. The van der Waals surface area contributed by atoms with Gasteiger partial charge in [-0.1, -0.05) is 6.42 Å². The predicted octanol–water partition coefficient (Wildman–Crippen LogP) is 1.63. The summed E-state index contributed by atoms with van der Waals surface area (Å²) in [6.07, 6.45) is 6.23. The number of carboxylic acids is 1. The van der Waals surface area contributed by atoms with E-state index in [0.717, 1.165) is 43.4 Å². The van der Waals surface area contributed by atoms with E-state index in [0.29, 0.717) is 19.4 Å². The highest BCUT2D eigenvalue weighted by Gasteiger charge is 2.16. The van der Waals surface area contributed by atoms with Gasteiger partial charge in [-0.05, 0) is 50.2 Å². The van der Waals surface area contributed by atoms with E-state index < -0.39 is 5.97 Å². The quantitative estimate of drug-likeness (QED) is 0.549. The van der Waals surface area contributed by atoms with Crippen LogP contribution < -0.4 is 10.9 Å². The molecule has 22 heavy (non-hydrogen) atoms. The van der Waals surface area contributed by atoms with Gasteiger partial charge in [-0.15, -0.1) is 0 Å². The van der Waals surface area contributed by atoms with Crippen molar-refractivity contribution in [2.45, 2.75) is 51.4 Å². The van der Waals surface area contributed by atoms with Crippen LogP contribution in [0.1, 0.15) is 60.1 Å². The molecule has 2 rings (SSSR count). The van der Waals surface area contributed by atoms with Gasteiger partial charge in [0.1, 0.15) is 5.56 Å². The smallest absolute Gasteiger partial charge is 0.303 e. The Labute approximate surface area is 128 Å². The summed E-state index contributed by atoms with van der Waals surface area (Å²) in [6.45, 7) is 0.378. The number of aliphatic carboxylic acids is 1. The molecule has 6 nitrogen and oxygen atoms in total. The van der Waals surface area contributed by atoms with E-state index in [1.165, 1.54) is 0 Å². The molecule has 0 atom stereocenters. The summed E-state index contributed by atoms with van der Waals surface area (Å²) >= 11 is 0. The van der Waals surface area contributed by atoms with E-state index in [-0.39, 0.29) is 23.5 Å². The van der Waals surface area contributed by atoms with Gasteiger partial charge in [0.25, 0.3) is 11.5 Å². The Morgan fingerprint density at radius 3 is 2.73 bits per heavy atom. The Bertz CT molecular complexity index is 607. The number of H-pyrrole nitrogens is 1. The molecule has 6 heteroatoms. The summed E-state index contributed by atoms with van der Waals surface area (Å²) in [5, 5.41) is 11.2. The average Bonchev–Trinajstić information content (AvgIpc) is 2.70. The van der Waals surface area contributed by atoms with E-state index in [2.05, 4.69) is 10.3 Å². The summed E-state index contributed by atoms with van der Waals surface area (Å²) in [7, 11) is 0. The molecule has 0 aliphatic heterocycles. The van der Waals surface area contributed by atoms with Crippen molar-refractivity contribution in [3.8, 4) is 0 Å². The third-order valence-corrected chi connectivity index (χ3v) is 3.94. The van der Waals surface area contributed by atoms with Crippen LogP contribution in [0, 0.1) is 0 Å². The number of amides is 1. The number of aromatic amines is 1. The molecule has 1 aromatic rings. The number of pyridine rings is 1. The molecule has 0 saturated heterocycles. The number of carboxylic acid groups (broad SMARTS) is 1. The number of fused-ring (bicyclic) bond motifs is 1. The lowest BCUT2D eigenvalue weighted by molar-refractivity contribution is -0.137. The molecule has 0 bridgehead atoms. The Hall–Kier alpha value is -2.11. The van der Waals surface area contributed by atoms with Crippen LogP contribution in [0.4, 0.5) is 0 Å². The zero-order valence-electron chi connectivity index (χ0n) is 12.6. The highest BCUT2D eigenvalue weighted by atomic mass is 16.4. The van der Waals surface area contributed by atoms with Crippen LogP contribution in [-0.2, 0) is 17.6 Å². The Morgan fingerprint density at radius 2 is 1.95 bits per heavy atom. The van der Waals surface area contributed by atoms with Crippen molar-refractivity contribution < 1.29 is 14.7 Å². The maximum absolute atomic E-state index is 12.1. The van der Waals surface area contributed by atoms with Gasteiger partial charge in [0, 0.05) is 18.7 Å². The fraction of sp³-hybridized carbons (Fsp3) is 0.562. The first-order valence-electron chi connectivity index (χ1n) is 7.83. The normalized spacial score (nSPS) is 14.0. The number of hydrogen-bond acceptors (Lipinski definition) is 3. The van der Waals surface area contributed by atoms with Crippen molar-refractivity contribution in [1.82, 2.24) is 10.3 Å². The Morgan fingerprint density at radius 1 is 1.18 bits per heavy atom. The van der Waals surface area contributed by atoms with Crippen molar-refractivity contribution in [3.05, 3.63) is 33.2 Å². The largest absolute Gasteiger partial charge is 0.481 e. The van der Waals surface area contributed by atoms with Crippen molar-refractivity contribution in [2.75, 3.05) is 6.54 Å². The van der Waals surface area contributed by atoms with E-state index in [1.54, 1.807) is 6.07 Å². The van der Waals surface area contributed by atoms with Crippen LogP contribution in [-0.4, -0.2) is 28.5 Å². The van der Waals surface area contributed by atoms with Gasteiger partial charge in [0.2, 0.25) is 0 Å². The van der Waals surface area contributed by atoms with Crippen molar-refractivity contribution >= 4 is 11.9 Å². The zero-order valence-corrected chi connectivity index (χ0v) is 12.6. The molecule has 0 fully saturated rings. The summed E-state index contributed by atoms with van der Waals surface area (Å²) in [5.74, 6) is -1.22. The summed E-state index contributed by atoms with van der Waals surface area (Å²) in [6, 6.07) is 1.71. The maximum Gasteiger partial charge on any atom is 0.303 e. The second-order valence-corrected chi connectivity index (χ2v) is 5.68. The lowest BCUT2D eigenvalue weighted by atomic mass is 10.1. The van der Waals surface area contributed by atoms with Gasteiger partial charge in [-0.2, -0.15) is 0 Å². The molecule has 1 heterocycles. The Balaban J connectivity index is 1.96. The first kappa shape index (κ1) is 16.3. The van der Waals surface area contributed by atoms with Crippen LogP contribution in [0.25, 0.3) is 0 Å². The first-order valence-corrected chi connectivity index (χ1v) is 7.83. The lowest BCUT2D eigenvalue weighted by Gasteiger charge is -2.09. The van der Waals surface area contributed by atoms with Crippen molar-refractivity contribution in [1.29, 1.82) is 0 Å². The van der Waals surface area contributed by atoms with Gasteiger partial charge >= 0.3 is 5.97 Å². The second kappa shape index (κ2) is 7.77. The molecular weight excluding hydrogens is 284 g/mol. The fourth-order valence-corrected chi connectivity index (χ4v) is 2.72. The van der Waals surface area contributed by atoms with Gasteiger partial charge in [-0.3, -0.25) is 14.4 Å². The number of aromatic nitrogens is 1. The number of rotatable bonds is 6. The third kappa shape index (κ3) is 4.44. The SMILES string of the molecule is O=C(O)CCCCNC(=O)c1cc2c([nH]c1=O)CCCCC2. The van der Waals surface area contributed by atoms with Crippen molar-refractivity contribution in [3.63, 3.8) is 0 Å². The van der Waals surface area contributed by atoms with E-state index in [4.69, 9.17) is 5.11 Å². The minimum Gasteiger partial charge on any atom is -0.481 e. The van der Waals surface area contributed by atoms with Crippen LogP contribution in [0.5, 0.6) is 0 Å². The van der Waals surface area contributed by atoms with E-state index in [9.17, 15) is 14.4 Å². The molecule has 0 radical (unpaired) electrons. The maximum atomic E-state index is 12.1. The van der Waals surface area contributed by atoms with E-state index in [1.807, 2.05) is 0 Å². The standard InChI is InChI=1S/C16H22N2O4/c19-14(20)8-4-5-9-17-15(21)12-10-11-6-2-1-3-7-13(11)18-16(12)22/h10H,1-9H2,(H,17,21)(H,18,22)(H,19,20). The number of carbonyl (C=O) groups excluding carboxylic acids is 1. The molecule has 1 aromatic heterocycles. The summed E-state index contributed by atoms with van der Waals surface area (Å²) < 4.78 is 0. The Kier molecular flexibility index (Phi) is 5.75. The molecule has 3 N–H and O–H groups in total. The predicted molar refractivity (Wildman–Crippen MR) is 82.1 cm³/mol. The van der Waals surface area contributed by atoms with Crippen LogP contribution in [0.15, 0.2) is 10.9 Å². The molecule has 0 saturated carbocycles. The second-order valence-electron chi connectivity index (χ2n) is 5.68. The first-order chi connectivity index (χ1) is 10.6. The average molecular weight is 306 g/mol. The molecule has 1 amide bonds. The summed E-state index contributed by atoms with van der Waals surface area (Å²) in [4.78, 5) is 37.3. The molecule has 0 spiro atoms. The molecule has 120 valence electrons. The number of nitrogens with one attached hydrogen (secondary N) is 2. The van der Waals surface area contributed by atoms with E-state index >= 15 is 0 Å². The lowest BCUT2D eigenvalue weighted by Crippen LogP contribution is -2.31. The van der Waals surface area contributed by atoms with Crippen LogP contribution in [0.2, 0.25) is 0 Å². The zero-order chi connectivity index (χ0) is 15.9. The number of carbonyl (C=O) groups is 2. The van der Waals surface area contributed by atoms with Crippen LogP contribution in [0.3, 0.4) is 0 Å². The highest BCUT2D eigenvalue weighted by Crippen LogP contribution is 2.18. The van der Waals surface area contributed by atoms with Crippen LogP contribution >= 0.6 is 0 Å². The van der Waals surface area contributed by atoms with Gasteiger partial charge < -0.3 is 15.4 Å². The number of aryl methyl sites for hydroxylation is 2. The third-order valence-electron chi connectivity index (χ3n) is 3.94. The van der Waals surface area contributed by atoms with Crippen molar-refractivity contribution in [2.24, 2.45) is 0 Å². The molecule has 0 unspecified atom stereocenters.